The van der Waals surface area contributed by atoms with Crippen LogP contribution in [0.5, 0.6) is 0 Å². The van der Waals surface area contributed by atoms with Gasteiger partial charge in [0.25, 0.3) is 0 Å². The first kappa shape index (κ1) is 52.2. The van der Waals surface area contributed by atoms with Gasteiger partial charge in [-0.25, -0.2) is 9.55 Å². The zero-order valence-electron chi connectivity index (χ0n) is 36.9. The largest absolute Gasteiger partial charge is 0.469 e. The minimum absolute atomic E-state index is 0.0982. The minimum atomic E-state index is -5.12. The normalized spacial score (nSPS) is 16.4. The van der Waals surface area contributed by atoms with Crippen LogP contribution >= 0.6 is 19.2 Å². The quantitative estimate of drug-likeness (QED) is 0.0228. The summed E-state index contributed by atoms with van der Waals surface area (Å²) < 4.78 is 19.7. The number of oxime groups is 1. The number of carbonyl (C=O) groups is 6. The van der Waals surface area contributed by atoms with Crippen molar-refractivity contribution in [3.63, 3.8) is 0 Å². The Morgan fingerprint density at radius 3 is 2.32 bits per heavy atom. The highest BCUT2D eigenvalue weighted by atomic mass is 32.1. The third kappa shape index (κ3) is 16.5. The number of carbonyl (C=O) groups excluding carboxylic acids is 6. The number of rotatable bonds is 27. The summed E-state index contributed by atoms with van der Waals surface area (Å²) in [5, 5.41) is 26.3. The molecule has 1 saturated heterocycles. The fourth-order valence-corrected chi connectivity index (χ4v) is 8.57. The number of primary amides is 1. The van der Waals surface area contributed by atoms with Gasteiger partial charge in [-0.15, -0.1) is 11.3 Å². The number of unbranched alkanes of at least 4 members (excludes halogenated alkanes) is 3. The van der Waals surface area contributed by atoms with E-state index in [-0.39, 0.29) is 24.7 Å². The molecule has 6 atom stereocenters. The van der Waals surface area contributed by atoms with Crippen LogP contribution in [-0.2, 0) is 55.7 Å². The molecule has 0 aliphatic carbocycles. The number of aromatic nitrogens is 3. The Morgan fingerprint density at radius 2 is 1.66 bits per heavy atom. The van der Waals surface area contributed by atoms with Crippen LogP contribution < -0.4 is 27.0 Å². The summed E-state index contributed by atoms with van der Waals surface area (Å²) in [4.78, 5) is 110. The highest BCUT2D eigenvalue weighted by Crippen LogP contribution is 2.38. The topological polar surface area (TPSA) is 311 Å². The van der Waals surface area contributed by atoms with E-state index in [1.54, 1.807) is 23.9 Å². The summed E-state index contributed by atoms with van der Waals surface area (Å²) in [5.41, 5.74) is 6.90. The van der Waals surface area contributed by atoms with E-state index in [2.05, 4.69) is 35.9 Å². The third-order valence-electron chi connectivity index (χ3n) is 10.5. The number of hydrogen-bond donors (Lipinski definition) is 8. The monoisotopic (exact) mass is 948 g/mol. The molecule has 0 saturated carbocycles. The molecule has 6 amide bonds. The van der Waals surface area contributed by atoms with Gasteiger partial charge in [0.1, 0.15) is 36.8 Å². The molecule has 0 radical (unpaired) electrons. The molecule has 0 aromatic carbocycles. The van der Waals surface area contributed by atoms with Crippen molar-refractivity contribution in [3.05, 3.63) is 59.1 Å². The summed E-state index contributed by atoms with van der Waals surface area (Å²) in [7, 11) is -5.12. The van der Waals surface area contributed by atoms with Gasteiger partial charge in [0, 0.05) is 50.7 Å². The van der Waals surface area contributed by atoms with Gasteiger partial charge in [0.05, 0.1) is 35.8 Å². The Bertz CT molecular complexity index is 2120. The number of imidazole rings is 1. The maximum Gasteiger partial charge on any atom is 0.469 e. The Kier molecular flexibility index (Phi) is 20.3. The van der Waals surface area contributed by atoms with E-state index in [1.807, 2.05) is 59.0 Å². The predicted octanol–water partition coefficient (Wildman–Crippen LogP) is 0.861. The Hall–Kier alpha value is -5.45. The van der Waals surface area contributed by atoms with E-state index in [4.69, 9.17) is 10.6 Å². The standard InChI is InChI=1S/C41H61N10O12PS/c1-26(2)20-30(46-41(58)34-12-11-17-51(34)28(4)53)38(55)45-31(39(56)47-32(24-52)40(57)48-36(37(42)54)27(3)63-64(59,60)61)21-29-22-43-25-50(29)16-7-5-6-10-18-62-44-23-35-33(13-19-65-35)49-14-8-9-15-49/h8-9,13-15,19,22-23,25-27,30-32,34,36,52H,5-7,10-12,16-18,20-21,24H2,1-4H3,(H2,42,54)(H,45,55)(H,46,58)(H,47,56)(H,48,57)(H2,59,60,61)/b44-23+/t27-,30+,31+,32+,34+,36+/m1/s1. The summed E-state index contributed by atoms with van der Waals surface area (Å²) in [6.07, 6.45) is 11.3. The maximum absolute atomic E-state index is 14.1. The van der Waals surface area contributed by atoms with E-state index < -0.39 is 80.3 Å². The second-order valence-corrected chi connectivity index (χ2v) is 18.2. The number of amides is 6. The van der Waals surface area contributed by atoms with Crippen molar-refractivity contribution >= 4 is 60.8 Å². The molecular weight excluding hydrogens is 888 g/mol. The van der Waals surface area contributed by atoms with E-state index in [0.717, 1.165) is 43.2 Å². The van der Waals surface area contributed by atoms with Crippen molar-refractivity contribution in [2.75, 3.05) is 19.8 Å². The third-order valence-corrected chi connectivity index (χ3v) is 12.0. The van der Waals surface area contributed by atoms with Gasteiger partial charge in [-0.3, -0.25) is 33.3 Å². The second kappa shape index (κ2) is 25.3. The summed E-state index contributed by atoms with van der Waals surface area (Å²) >= 11 is 1.56. The number of aliphatic hydroxyl groups is 1. The number of aliphatic hydroxyl groups excluding tert-OH is 1. The Labute approximate surface area is 380 Å². The minimum Gasteiger partial charge on any atom is -0.396 e. The van der Waals surface area contributed by atoms with Crippen LogP contribution in [0.3, 0.4) is 0 Å². The lowest BCUT2D eigenvalue weighted by atomic mass is 10.0. The van der Waals surface area contributed by atoms with Gasteiger partial charge in [0.2, 0.25) is 35.4 Å². The smallest absolute Gasteiger partial charge is 0.396 e. The van der Waals surface area contributed by atoms with Crippen molar-refractivity contribution in [1.82, 2.24) is 40.3 Å². The molecule has 3 aromatic rings. The van der Waals surface area contributed by atoms with Gasteiger partial charge in [-0.2, -0.15) is 0 Å². The van der Waals surface area contributed by atoms with Crippen LogP contribution in [0.4, 0.5) is 0 Å². The summed E-state index contributed by atoms with van der Waals surface area (Å²) in [5.74, 6) is -4.93. The van der Waals surface area contributed by atoms with Crippen LogP contribution in [0.1, 0.15) is 83.2 Å². The predicted molar refractivity (Wildman–Crippen MR) is 238 cm³/mol. The summed E-state index contributed by atoms with van der Waals surface area (Å²) in [6, 6.07) is -0.937. The number of phosphoric acid groups is 1. The van der Waals surface area contributed by atoms with E-state index in [0.29, 0.717) is 38.2 Å². The highest BCUT2D eigenvalue weighted by Gasteiger charge is 2.37. The number of thiophene rings is 1. The first-order chi connectivity index (χ1) is 30.9. The first-order valence-electron chi connectivity index (χ1n) is 21.4. The second-order valence-electron chi connectivity index (χ2n) is 16.1. The molecule has 1 aliphatic rings. The molecule has 4 rings (SSSR count). The SMILES string of the molecule is CC(=O)N1CCC[C@H]1C(=O)N[C@@H](CC(C)C)C(=O)N[C@@H](Cc1cncn1CCCCCCO/N=C/c1sccc1-n1cccc1)C(=O)N[C@@H](CO)C(=O)N[C@H](C(N)=O)[C@@H](C)OP(=O)(O)O. The molecule has 1 aliphatic heterocycles. The number of nitrogens with two attached hydrogens (primary N) is 1. The number of phosphoric ester groups is 1. The molecule has 65 heavy (non-hydrogen) atoms. The maximum atomic E-state index is 14.1. The Morgan fingerprint density at radius 1 is 0.985 bits per heavy atom. The number of hydrogen-bond acceptors (Lipinski definition) is 13. The number of nitrogens with one attached hydrogen (secondary N) is 4. The fourth-order valence-electron chi connectivity index (χ4n) is 7.27. The number of aryl methyl sites for hydroxylation is 1. The highest BCUT2D eigenvalue weighted by molar-refractivity contribution is 7.46. The van der Waals surface area contributed by atoms with E-state index >= 15 is 0 Å². The van der Waals surface area contributed by atoms with E-state index in [9.17, 15) is 48.2 Å². The zero-order chi connectivity index (χ0) is 47.7. The van der Waals surface area contributed by atoms with Crippen LogP contribution in [0.25, 0.3) is 5.69 Å². The van der Waals surface area contributed by atoms with E-state index in [1.165, 1.54) is 18.0 Å². The van der Waals surface area contributed by atoms with Crippen molar-refractivity contribution in [2.24, 2.45) is 16.8 Å². The van der Waals surface area contributed by atoms with Crippen LogP contribution in [0, 0.1) is 5.92 Å². The summed E-state index contributed by atoms with van der Waals surface area (Å²) in [6.45, 7) is 6.45. The molecule has 9 N–H and O–H groups in total. The van der Waals surface area contributed by atoms with Crippen LogP contribution in [0.15, 0.2) is 53.7 Å². The lowest BCUT2D eigenvalue weighted by Gasteiger charge is -2.28. The van der Waals surface area contributed by atoms with Crippen molar-refractivity contribution in [2.45, 2.75) is 122 Å². The van der Waals surface area contributed by atoms with Crippen LogP contribution in [-0.4, -0.2) is 132 Å². The lowest BCUT2D eigenvalue weighted by Crippen LogP contribution is -2.61. The molecule has 3 aromatic heterocycles. The fraction of sp³-hybridized carbons (Fsp3) is 0.561. The Balaban J connectivity index is 1.43. The molecule has 24 heteroatoms. The first-order valence-corrected chi connectivity index (χ1v) is 23.8. The number of likely N-dealkylation sites (tertiary alicyclic amines) is 1. The van der Waals surface area contributed by atoms with Gasteiger partial charge in [-0.1, -0.05) is 25.4 Å². The van der Waals surface area contributed by atoms with Crippen LogP contribution in [0.2, 0.25) is 0 Å². The van der Waals surface area contributed by atoms with Gasteiger partial charge < -0.3 is 60.8 Å². The molecule has 0 unspecified atom stereocenters. The van der Waals surface area contributed by atoms with Crippen molar-refractivity contribution in [1.29, 1.82) is 0 Å². The molecule has 358 valence electrons. The zero-order valence-corrected chi connectivity index (χ0v) is 38.6. The van der Waals surface area contributed by atoms with Crippen molar-refractivity contribution in [3.8, 4) is 5.69 Å². The van der Waals surface area contributed by atoms with Gasteiger partial charge in [-0.05, 0) is 74.9 Å². The molecule has 0 bridgehead atoms. The lowest BCUT2D eigenvalue weighted by molar-refractivity contribution is -0.139. The average Bonchev–Trinajstić information content (AvgIpc) is 4.08. The van der Waals surface area contributed by atoms with Gasteiger partial charge in [0.15, 0.2) is 0 Å². The number of nitrogens with zero attached hydrogens (tertiary/aromatic N) is 5. The average molecular weight is 949 g/mol. The van der Waals surface area contributed by atoms with Gasteiger partial charge >= 0.3 is 7.82 Å². The molecular formula is C41H61N10O12PS. The van der Waals surface area contributed by atoms with Crippen molar-refractivity contribution < 1.29 is 57.6 Å². The molecule has 1 fully saturated rings. The molecule has 22 nitrogen and oxygen atoms in total. The molecule has 4 heterocycles. The molecule has 0 spiro atoms.